The van der Waals surface area contributed by atoms with Crippen molar-refractivity contribution in [2.45, 2.75) is 6.92 Å². The van der Waals surface area contributed by atoms with Gasteiger partial charge in [0.2, 0.25) is 5.78 Å². The number of rotatable bonds is 4. The molecule has 3 heteroatoms. The van der Waals surface area contributed by atoms with Gasteiger partial charge in [-0.2, -0.15) is 5.26 Å². The Kier molecular flexibility index (Phi) is 5.46. The fourth-order valence-electron chi connectivity index (χ4n) is 1.98. The van der Waals surface area contributed by atoms with Crippen molar-refractivity contribution in [2.24, 2.45) is 0 Å². The molecule has 0 N–H and O–H groups in total. The quantitative estimate of drug-likeness (QED) is 0.334. The summed E-state index contributed by atoms with van der Waals surface area (Å²) in [4.78, 5) is 12.4. The molecule has 0 radical (unpaired) electrons. The maximum atomic E-state index is 12.4. The van der Waals surface area contributed by atoms with Crippen LogP contribution in [-0.4, -0.2) is 5.78 Å². The minimum absolute atomic E-state index is 0.102. The van der Waals surface area contributed by atoms with Gasteiger partial charge >= 0.3 is 0 Å². The molecule has 0 heterocycles. The Labute approximate surface area is 138 Å². The van der Waals surface area contributed by atoms with E-state index in [4.69, 9.17) is 0 Å². The number of aryl methyl sites for hydroxylation is 1. The number of Topliss-reactive ketones (excluding diaryl/α,β-unsaturated/α-hetero) is 1. The molecule has 0 amide bonds. The molecule has 108 valence electrons. The molecule has 22 heavy (non-hydrogen) atoms. The highest BCUT2D eigenvalue weighted by Crippen LogP contribution is 2.18. The second-order valence-corrected chi connectivity index (χ2v) is 5.72. The molecule has 2 rings (SSSR count). The third-order valence-corrected chi connectivity index (χ3v) is 3.49. The third kappa shape index (κ3) is 4.28. The standard InChI is InChI=1S/C19H14BrNO/c1-14-6-5-9-16(10-14)19(22)17(13-21)12-18(20)11-15-7-3-2-4-8-15/h2-12H,1H3/b17-12+,18-11-. The van der Waals surface area contributed by atoms with Crippen molar-refractivity contribution in [3.8, 4) is 6.07 Å². The topological polar surface area (TPSA) is 40.9 Å². The first-order chi connectivity index (χ1) is 10.6. The largest absolute Gasteiger partial charge is 0.288 e. The number of carbonyl (C=O) groups is 1. The number of benzene rings is 2. The zero-order valence-electron chi connectivity index (χ0n) is 12.1. The number of nitriles is 1. The summed E-state index contributed by atoms with van der Waals surface area (Å²) < 4.78 is 0.677. The van der Waals surface area contributed by atoms with E-state index < -0.39 is 0 Å². The van der Waals surface area contributed by atoms with Crippen LogP contribution in [0.4, 0.5) is 0 Å². The van der Waals surface area contributed by atoms with Crippen LogP contribution >= 0.6 is 15.9 Å². The first-order valence-corrected chi connectivity index (χ1v) is 7.55. The zero-order valence-corrected chi connectivity index (χ0v) is 13.7. The zero-order chi connectivity index (χ0) is 15.9. The number of nitrogens with zero attached hydrogens (tertiary/aromatic N) is 1. The summed E-state index contributed by atoms with van der Waals surface area (Å²) in [5.41, 5.74) is 2.60. The SMILES string of the molecule is Cc1cccc(C(=O)/C(C#N)=C/C(Br)=C/c2ccccc2)c1. The molecule has 0 fully saturated rings. The minimum atomic E-state index is -0.274. The third-order valence-electron chi connectivity index (χ3n) is 3.03. The Morgan fingerprint density at radius 2 is 1.86 bits per heavy atom. The molecule has 0 aliphatic carbocycles. The summed E-state index contributed by atoms with van der Waals surface area (Å²) in [7, 11) is 0. The van der Waals surface area contributed by atoms with Crippen LogP contribution in [0.3, 0.4) is 0 Å². The number of halogens is 1. The first kappa shape index (κ1) is 15.9. The maximum absolute atomic E-state index is 12.4. The summed E-state index contributed by atoms with van der Waals surface area (Å²) in [6.07, 6.45) is 3.42. The van der Waals surface area contributed by atoms with Crippen LogP contribution in [0.15, 0.2) is 70.7 Å². The second-order valence-electron chi connectivity index (χ2n) is 4.81. The minimum Gasteiger partial charge on any atom is -0.288 e. The highest BCUT2D eigenvalue weighted by Gasteiger charge is 2.12. The monoisotopic (exact) mass is 351 g/mol. The van der Waals surface area contributed by atoms with Gasteiger partial charge in [0.1, 0.15) is 11.6 Å². The molecule has 0 bridgehead atoms. The van der Waals surface area contributed by atoms with Crippen molar-refractivity contribution in [3.05, 3.63) is 87.4 Å². The molecule has 0 unspecified atom stereocenters. The van der Waals surface area contributed by atoms with Crippen LogP contribution in [0.1, 0.15) is 21.5 Å². The molecule has 0 aliphatic rings. The fourth-order valence-corrected chi connectivity index (χ4v) is 2.47. The molecule has 0 aromatic heterocycles. The maximum Gasteiger partial charge on any atom is 0.203 e. The van der Waals surface area contributed by atoms with Crippen LogP contribution in [0.25, 0.3) is 6.08 Å². The van der Waals surface area contributed by atoms with Crippen molar-refractivity contribution in [3.63, 3.8) is 0 Å². The van der Waals surface area contributed by atoms with E-state index in [1.807, 2.05) is 61.5 Å². The van der Waals surface area contributed by atoms with Gasteiger partial charge in [-0.25, -0.2) is 0 Å². The Morgan fingerprint density at radius 3 is 2.50 bits per heavy atom. The lowest BCUT2D eigenvalue weighted by molar-refractivity contribution is 0.103. The molecule has 0 atom stereocenters. The van der Waals surface area contributed by atoms with E-state index in [1.54, 1.807) is 18.2 Å². The Hall–Kier alpha value is -2.44. The van der Waals surface area contributed by atoms with E-state index in [0.29, 0.717) is 10.0 Å². The number of allylic oxidation sites excluding steroid dienone is 3. The van der Waals surface area contributed by atoms with Gasteiger partial charge in [0.15, 0.2) is 0 Å². The van der Waals surface area contributed by atoms with Gasteiger partial charge in [0, 0.05) is 10.0 Å². The van der Waals surface area contributed by atoms with Gasteiger partial charge in [0.25, 0.3) is 0 Å². The van der Waals surface area contributed by atoms with Gasteiger partial charge in [-0.05, 0) is 30.7 Å². The molecule has 0 saturated heterocycles. The normalized spacial score (nSPS) is 11.9. The molecule has 2 aromatic carbocycles. The molecule has 0 saturated carbocycles. The Morgan fingerprint density at radius 1 is 1.14 bits per heavy atom. The summed E-state index contributed by atoms with van der Waals surface area (Å²) in [5.74, 6) is -0.274. The number of hydrogen-bond donors (Lipinski definition) is 0. The van der Waals surface area contributed by atoms with Crippen LogP contribution in [0, 0.1) is 18.3 Å². The van der Waals surface area contributed by atoms with Gasteiger partial charge in [0.05, 0.1) is 0 Å². The van der Waals surface area contributed by atoms with Gasteiger partial charge in [-0.3, -0.25) is 4.79 Å². The van der Waals surface area contributed by atoms with Crippen molar-refractivity contribution in [1.82, 2.24) is 0 Å². The van der Waals surface area contributed by atoms with Gasteiger partial charge < -0.3 is 0 Å². The Bertz CT molecular complexity index is 783. The van der Waals surface area contributed by atoms with E-state index in [1.165, 1.54) is 0 Å². The number of ketones is 1. The summed E-state index contributed by atoms with van der Waals surface area (Å²) in [6, 6.07) is 18.9. The predicted octanol–water partition coefficient (Wildman–Crippen LogP) is 5.06. The van der Waals surface area contributed by atoms with Crippen LogP contribution in [-0.2, 0) is 0 Å². The van der Waals surface area contributed by atoms with Crippen LogP contribution in [0.5, 0.6) is 0 Å². The lowest BCUT2D eigenvalue weighted by Gasteiger charge is -2.01. The fraction of sp³-hybridized carbons (Fsp3) is 0.0526. The highest BCUT2D eigenvalue weighted by atomic mass is 79.9. The Balaban J connectivity index is 2.30. The molecule has 0 spiro atoms. The summed E-state index contributed by atoms with van der Waals surface area (Å²) in [6.45, 7) is 1.91. The smallest absolute Gasteiger partial charge is 0.203 e. The van der Waals surface area contributed by atoms with Crippen molar-refractivity contribution in [1.29, 1.82) is 5.26 Å². The summed E-state index contributed by atoms with van der Waals surface area (Å²) >= 11 is 3.39. The summed E-state index contributed by atoms with van der Waals surface area (Å²) in [5, 5.41) is 9.25. The lowest BCUT2D eigenvalue weighted by atomic mass is 10.0. The molecule has 0 aliphatic heterocycles. The average molecular weight is 352 g/mol. The predicted molar refractivity (Wildman–Crippen MR) is 92.6 cm³/mol. The molecular weight excluding hydrogens is 338 g/mol. The van der Waals surface area contributed by atoms with Crippen LogP contribution < -0.4 is 0 Å². The molecular formula is C19H14BrNO. The number of carbonyl (C=O) groups excluding carboxylic acids is 1. The average Bonchev–Trinajstić information content (AvgIpc) is 2.53. The lowest BCUT2D eigenvalue weighted by Crippen LogP contribution is -2.02. The van der Waals surface area contributed by atoms with Crippen LogP contribution in [0.2, 0.25) is 0 Å². The first-order valence-electron chi connectivity index (χ1n) is 6.75. The van der Waals surface area contributed by atoms with E-state index in [9.17, 15) is 10.1 Å². The van der Waals surface area contributed by atoms with E-state index in [0.717, 1.165) is 11.1 Å². The van der Waals surface area contributed by atoms with E-state index in [-0.39, 0.29) is 11.4 Å². The molecule has 2 aromatic rings. The van der Waals surface area contributed by atoms with E-state index >= 15 is 0 Å². The van der Waals surface area contributed by atoms with Crippen molar-refractivity contribution < 1.29 is 4.79 Å². The number of hydrogen-bond acceptors (Lipinski definition) is 2. The second kappa shape index (κ2) is 7.53. The van der Waals surface area contributed by atoms with Gasteiger partial charge in [-0.1, -0.05) is 70.0 Å². The van der Waals surface area contributed by atoms with E-state index in [2.05, 4.69) is 15.9 Å². The van der Waals surface area contributed by atoms with Crippen molar-refractivity contribution in [2.75, 3.05) is 0 Å². The highest BCUT2D eigenvalue weighted by molar-refractivity contribution is 9.12. The molecule has 2 nitrogen and oxygen atoms in total. The van der Waals surface area contributed by atoms with Crippen molar-refractivity contribution >= 4 is 27.8 Å². The van der Waals surface area contributed by atoms with Gasteiger partial charge in [-0.15, -0.1) is 0 Å².